The first-order valence-electron chi connectivity index (χ1n) is 7.62. The first-order chi connectivity index (χ1) is 9.13. The van der Waals surface area contributed by atoms with Gasteiger partial charge in [0.15, 0.2) is 0 Å². The van der Waals surface area contributed by atoms with E-state index in [1.807, 2.05) is 6.20 Å². The van der Waals surface area contributed by atoms with Crippen LogP contribution >= 0.6 is 0 Å². The Hall–Kier alpha value is -0.870. The predicted octanol–water partition coefficient (Wildman–Crippen LogP) is 2.25. The summed E-state index contributed by atoms with van der Waals surface area (Å²) in [6, 6.07) is 2.09. The number of H-pyrrole nitrogens is 1. The minimum absolute atomic E-state index is 0.519. The molecule has 4 nitrogen and oxygen atoms in total. The number of piperidine rings is 1. The van der Waals surface area contributed by atoms with Crippen LogP contribution in [0.25, 0.3) is 0 Å². The maximum Gasteiger partial charge on any atom is 0.109 e. The van der Waals surface area contributed by atoms with Gasteiger partial charge in [-0.3, -0.25) is 0 Å². The van der Waals surface area contributed by atoms with Crippen LogP contribution in [0.5, 0.6) is 0 Å². The summed E-state index contributed by atoms with van der Waals surface area (Å²) in [6.07, 6.45) is 7.31. The molecule has 0 spiro atoms. The molecule has 0 aliphatic carbocycles. The van der Waals surface area contributed by atoms with E-state index in [9.17, 15) is 0 Å². The van der Waals surface area contributed by atoms with Gasteiger partial charge in [-0.15, -0.1) is 0 Å². The van der Waals surface area contributed by atoms with Crippen LogP contribution in [0.4, 0.5) is 0 Å². The van der Waals surface area contributed by atoms with E-state index in [2.05, 4.69) is 41.1 Å². The molecular weight excluding hydrogens is 236 g/mol. The van der Waals surface area contributed by atoms with Gasteiger partial charge in [0.2, 0.25) is 0 Å². The molecule has 2 atom stereocenters. The molecule has 1 aromatic rings. The van der Waals surface area contributed by atoms with Gasteiger partial charge in [0.05, 0.1) is 0 Å². The van der Waals surface area contributed by atoms with Crippen LogP contribution in [-0.4, -0.2) is 40.0 Å². The molecule has 19 heavy (non-hydrogen) atoms. The van der Waals surface area contributed by atoms with E-state index in [4.69, 9.17) is 0 Å². The van der Waals surface area contributed by atoms with Gasteiger partial charge in [0.25, 0.3) is 0 Å². The molecule has 2 fully saturated rings. The van der Waals surface area contributed by atoms with Crippen molar-refractivity contribution in [3.63, 3.8) is 0 Å². The van der Waals surface area contributed by atoms with E-state index in [0.29, 0.717) is 12.0 Å². The largest absolute Gasteiger partial charge is 0.345 e. The second kappa shape index (κ2) is 5.25. The van der Waals surface area contributed by atoms with E-state index in [1.165, 1.54) is 37.2 Å². The first kappa shape index (κ1) is 13.1. The number of aromatic nitrogens is 2. The van der Waals surface area contributed by atoms with Crippen LogP contribution in [0.15, 0.2) is 6.20 Å². The van der Waals surface area contributed by atoms with Crippen molar-refractivity contribution in [2.24, 2.45) is 0 Å². The number of hydrogen-bond acceptors (Lipinski definition) is 3. The normalized spacial score (nSPS) is 31.3. The smallest absolute Gasteiger partial charge is 0.109 e. The third-order valence-corrected chi connectivity index (χ3v) is 4.83. The molecule has 2 unspecified atom stereocenters. The highest BCUT2D eigenvalue weighted by molar-refractivity contribution is 5.10. The van der Waals surface area contributed by atoms with Gasteiger partial charge in [-0.05, 0) is 32.7 Å². The van der Waals surface area contributed by atoms with Crippen LogP contribution in [0.1, 0.15) is 57.0 Å². The van der Waals surface area contributed by atoms with E-state index in [0.717, 1.165) is 18.6 Å². The van der Waals surface area contributed by atoms with E-state index in [1.54, 1.807) is 0 Å². The Kier molecular flexibility index (Phi) is 3.63. The molecule has 2 aliphatic rings. The van der Waals surface area contributed by atoms with E-state index in [-0.39, 0.29) is 0 Å². The van der Waals surface area contributed by atoms with Crippen molar-refractivity contribution in [3.05, 3.63) is 17.7 Å². The van der Waals surface area contributed by atoms with Crippen molar-refractivity contribution in [2.45, 2.75) is 70.1 Å². The molecule has 106 valence electrons. The molecule has 3 rings (SSSR count). The Labute approximate surface area is 116 Å². The molecule has 2 aliphatic heterocycles. The van der Waals surface area contributed by atoms with Gasteiger partial charge in [-0.25, -0.2) is 4.98 Å². The van der Waals surface area contributed by atoms with Crippen LogP contribution in [0, 0.1) is 0 Å². The summed E-state index contributed by atoms with van der Waals surface area (Å²) in [7, 11) is 2.29. The van der Waals surface area contributed by atoms with Crippen molar-refractivity contribution >= 4 is 0 Å². The number of nitrogens with one attached hydrogen (secondary N) is 2. The number of aromatic amines is 1. The fraction of sp³-hybridized carbons (Fsp3) is 0.800. The standard InChI is InChI=1S/C15H26N4/c1-10(2)16-8-12-9-17-15(18-12)11-6-13-4-5-14(7-11)19(13)3/h9-11,13-14,16H,4-8H2,1-3H3,(H,17,18). The Morgan fingerprint density at radius 1 is 1.37 bits per heavy atom. The molecule has 0 amide bonds. The number of imidazole rings is 1. The minimum atomic E-state index is 0.519. The summed E-state index contributed by atoms with van der Waals surface area (Å²) in [6.45, 7) is 5.24. The molecule has 2 saturated heterocycles. The van der Waals surface area contributed by atoms with Crippen LogP contribution in [0.2, 0.25) is 0 Å². The fourth-order valence-corrected chi connectivity index (χ4v) is 3.62. The SMILES string of the molecule is CC(C)NCc1cnc(C2CC3CCC(C2)N3C)[nH]1. The van der Waals surface area contributed by atoms with Gasteiger partial charge < -0.3 is 15.2 Å². The highest BCUT2D eigenvalue weighted by Crippen LogP contribution is 2.41. The lowest BCUT2D eigenvalue weighted by Crippen LogP contribution is -2.39. The summed E-state index contributed by atoms with van der Waals surface area (Å²) >= 11 is 0. The average molecular weight is 262 g/mol. The third kappa shape index (κ3) is 2.70. The molecule has 0 aromatic carbocycles. The maximum absolute atomic E-state index is 4.63. The minimum Gasteiger partial charge on any atom is -0.345 e. The summed E-state index contributed by atoms with van der Waals surface area (Å²) in [4.78, 5) is 10.7. The van der Waals surface area contributed by atoms with Gasteiger partial charge in [-0.2, -0.15) is 0 Å². The number of fused-ring (bicyclic) bond motifs is 2. The molecule has 2 N–H and O–H groups in total. The highest BCUT2D eigenvalue weighted by Gasteiger charge is 2.39. The number of rotatable bonds is 4. The van der Waals surface area contributed by atoms with E-state index < -0.39 is 0 Å². The van der Waals surface area contributed by atoms with Crippen LogP contribution < -0.4 is 5.32 Å². The molecule has 0 radical (unpaired) electrons. The molecule has 2 bridgehead atoms. The van der Waals surface area contributed by atoms with Crippen molar-refractivity contribution < 1.29 is 0 Å². The highest BCUT2D eigenvalue weighted by atomic mass is 15.2. The maximum atomic E-state index is 4.63. The monoisotopic (exact) mass is 262 g/mol. The van der Waals surface area contributed by atoms with Crippen LogP contribution in [-0.2, 0) is 6.54 Å². The Morgan fingerprint density at radius 3 is 2.68 bits per heavy atom. The lowest BCUT2D eigenvalue weighted by Gasteiger charge is -2.35. The molecule has 0 saturated carbocycles. The molecule has 3 heterocycles. The Morgan fingerprint density at radius 2 is 2.05 bits per heavy atom. The second-order valence-electron chi connectivity index (χ2n) is 6.55. The summed E-state index contributed by atoms with van der Waals surface area (Å²) in [5.41, 5.74) is 1.22. The number of hydrogen-bond donors (Lipinski definition) is 2. The zero-order chi connectivity index (χ0) is 13.4. The van der Waals surface area contributed by atoms with Gasteiger partial charge in [-0.1, -0.05) is 13.8 Å². The van der Waals surface area contributed by atoms with Crippen molar-refractivity contribution in [1.82, 2.24) is 20.2 Å². The average Bonchev–Trinajstić information content (AvgIpc) is 2.90. The van der Waals surface area contributed by atoms with Crippen molar-refractivity contribution in [2.75, 3.05) is 7.05 Å². The van der Waals surface area contributed by atoms with Gasteiger partial charge in [0, 0.05) is 42.5 Å². The Balaban J connectivity index is 1.64. The van der Waals surface area contributed by atoms with E-state index >= 15 is 0 Å². The van der Waals surface area contributed by atoms with Crippen LogP contribution in [0.3, 0.4) is 0 Å². The Bertz CT molecular complexity index is 412. The summed E-state index contributed by atoms with van der Waals surface area (Å²) in [5.74, 6) is 1.85. The lowest BCUT2D eigenvalue weighted by molar-refractivity contribution is 0.159. The topological polar surface area (TPSA) is 44.0 Å². The number of nitrogens with zero attached hydrogens (tertiary/aromatic N) is 2. The van der Waals surface area contributed by atoms with Crippen molar-refractivity contribution in [3.8, 4) is 0 Å². The molecule has 4 heteroatoms. The first-order valence-corrected chi connectivity index (χ1v) is 7.62. The molecule has 1 aromatic heterocycles. The summed E-state index contributed by atoms with van der Waals surface area (Å²) < 4.78 is 0. The van der Waals surface area contributed by atoms with Gasteiger partial charge in [0.1, 0.15) is 5.82 Å². The zero-order valence-corrected chi connectivity index (χ0v) is 12.3. The van der Waals surface area contributed by atoms with Crippen molar-refractivity contribution in [1.29, 1.82) is 0 Å². The predicted molar refractivity (Wildman–Crippen MR) is 77.1 cm³/mol. The lowest BCUT2D eigenvalue weighted by atomic mass is 9.90. The third-order valence-electron chi connectivity index (χ3n) is 4.83. The summed E-state index contributed by atoms with van der Waals surface area (Å²) in [5, 5.41) is 3.44. The quantitative estimate of drug-likeness (QED) is 0.874. The second-order valence-corrected chi connectivity index (χ2v) is 6.55. The van der Waals surface area contributed by atoms with Gasteiger partial charge >= 0.3 is 0 Å². The molecular formula is C15H26N4. The zero-order valence-electron chi connectivity index (χ0n) is 12.3. The fourth-order valence-electron chi connectivity index (χ4n) is 3.62.